The van der Waals surface area contributed by atoms with Gasteiger partial charge < -0.3 is 9.84 Å². The van der Waals surface area contributed by atoms with Crippen LogP contribution in [0.4, 0.5) is 0 Å². The van der Waals surface area contributed by atoms with E-state index in [9.17, 15) is 5.11 Å². The summed E-state index contributed by atoms with van der Waals surface area (Å²) < 4.78 is 5.31. The molecular weight excluding hydrogens is 242 g/mol. The van der Waals surface area contributed by atoms with Gasteiger partial charge in [0.1, 0.15) is 11.8 Å². The molecule has 1 unspecified atom stereocenters. The summed E-state index contributed by atoms with van der Waals surface area (Å²) in [5.74, 6) is 0.217. The first-order valence-electron chi connectivity index (χ1n) is 6.58. The summed E-state index contributed by atoms with van der Waals surface area (Å²) in [4.78, 5) is 1.55. The predicted octanol–water partition coefficient (Wildman–Crippen LogP) is 1.73. The van der Waals surface area contributed by atoms with E-state index in [4.69, 9.17) is 4.74 Å². The van der Waals surface area contributed by atoms with Gasteiger partial charge in [0, 0.05) is 13.2 Å². The second-order valence-electron chi connectivity index (χ2n) is 4.79. The molecular formula is C14H17N3O2. The molecule has 1 aliphatic rings. The van der Waals surface area contributed by atoms with Crippen LogP contribution in [0.2, 0.25) is 0 Å². The van der Waals surface area contributed by atoms with Gasteiger partial charge in [-0.15, -0.1) is 0 Å². The third-order valence-electron chi connectivity index (χ3n) is 3.51. The number of benzene rings is 1. The molecule has 0 saturated carbocycles. The lowest BCUT2D eigenvalue weighted by atomic mass is 9.92. The molecule has 0 spiro atoms. The molecule has 1 aromatic heterocycles. The number of aliphatic hydroxyl groups excluding tert-OH is 1. The third kappa shape index (κ3) is 2.67. The molecule has 1 atom stereocenters. The number of para-hydroxylation sites is 1. The topological polar surface area (TPSA) is 60.2 Å². The summed E-state index contributed by atoms with van der Waals surface area (Å²) >= 11 is 0. The molecule has 2 heterocycles. The SMILES string of the molecule is OC(c1cnn(-c2ccccc2)n1)C1CCOCC1. The summed E-state index contributed by atoms with van der Waals surface area (Å²) in [6.07, 6.45) is 2.84. The van der Waals surface area contributed by atoms with E-state index in [0.29, 0.717) is 18.9 Å². The first kappa shape index (κ1) is 12.3. The lowest BCUT2D eigenvalue weighted by Gasteiger charge is -2.25. The fourth-order valence-electron chi connectivity index (χ4n) is 2.37. The molecule has 5 heteroatoms. The fraction of sp³-hybridized carbons (Fsp3) is 0.429. The van der Waals surface area contributed by atoms with E-state index in [1.807, 2.05) is 30.3 Å². The van der Waals surface area contributed by atoms with Crippen LogP contribution in [-0.4, -0.2) is 33.3 Å². The van der Waals surface area contributed by atoms with Crippen molar-refractivity contribution in [2.75, 3.05) is 13.2 Å². The largest absolute Gasteiger partial charge is 0.386 e. The molecule has 3 rings (SSSR count). The Morgan fingerprint density at radius 2 is 1.95 bits per heavy atom. The standard InChI is InChI=1S/C14H17N3O2/c18-14(11-6-8-19-9-7-11)13-10-15-17(16-13)12-4-2-1-3-5-12/h1-5,10-11,14,18H,6-9H2. The molecule has 0 amide bonds. The smallest absolute Gasteiger partial charge is 0.112 e. The Bertz CT molecular complexity index is 520. The summed E-state index contributed by atoms with van der Waals surface area (Å²) in [7, 11) is 0. The quantitative estimate of drug-likeness (QED) is 0.912. The van der Waals surface area contributed by atoms with Crippen LogP contribution in [-0.2, 0) is 4.74 Å². The highest BCUT2D eigenvalue weighted by Gasteiger charge is 2.25. The van der Waals surface area contributed by atoms with Crippen molar-refractivity contribution in [3.8, 4) is 5.69 Å². The van der Waals surface area contributed by atoms with Crippen LogP contribution in [0.1, 0.15) is 24.6 Å². The Balaban J connectivity index is 1.77. The van der Waals surface area contributed by atoms with Gasteiger partial charge in [0.15, 0.2) is 0 Å². The van der Waals surface area contributed by atoms with Crippen LogP contribution in [0.3, 0.4) is 0 Å². The van der Waals surface area contributed by atoms with Crippen molar-refractivity contribution in [2.45, 2.75) is 18.9 Å². The molecule has 1 aliphatic heterocycles. The van der Waals surface area contributed by atoms with Crippen LogP contribution < -0.4 is 0 Å². The van der Waals surface area contributed by atoms with Gasteiger partial charge in [-0.2, -0.15) is 15.0 Å². The number of ether oxygens (including phenoxy) is 1. The number of aliphatic hydroxyl groups is 1. The maximum Gasteiger partial charge on any atom is 0.112 e. The zero-order chi connectivity index (χ0) is 13.1. The van der Waals surface area contributed by atoms with Gasteiger partial charge in [-0.25, -0.2) is 0 Å². The molecule has 1 N–H and O–H groups in total. The number of aromatic nitrogens is 3. The van der Waals surface area contributed by atoms with Gasteiger partial charge in [-0.1, -0.05) is 18.2 Å². The molecule has 2 aromatic rings. The molecule has 5 nitrogen and oxygen atoms in total. The Labute approximate surface area is 111 Å². The van der Waals surface area contributed by atoms with E-state index < -0.39 is 6.10 Å². The summed E-state index contributed by atoms with van der Waals surface area (Å²) in [6, 6.07) is 9.69. The zero-order valence-electron chi connectivity index (χ0n) is 10.6. The highest BCUT2D eigenvalue weighted by atomic mass is 16.5. The van der Waals surface area contributed by atoms with Crippen molar-refractivity contribution >= 4 is 0 Å². The van der Waals surface area contributed by atoms with E-state index >= 15 is 0 Å². The van der Waals surface area contributed by atoms with Gasteiger partial charge in [0.25, 0.3) is 0 Å². The van der Waals surface area contributed by atoms with E-state index in [1.165, 1.54) is 0 Å². The molecule has 1 saturated heterocycles. The van der Waals surface area contributed by atoms with Crippen molar-refractivity contribution in [3.05, 3.63) is 42.2 Å². The second-order valence-corrected chi connectivity index (χ2v) is 4.79. The third-order valence-corrected chi connectivity index (χ3v) is 3.51. The normalized spacial score (nSPS) is 18.4. The monoisotopic (exact) mass is 259 g/mol. The molecule has 1 fully saturated rings. The zero-order valence-corrected chi connectivity index (χ0v) is 10.6. The maximum absolute atomic E-state index is 10.3. The Hall–Kier alpha value is -1.72. The van der Waals surface area contributed by atoms with Crippen molar-refractivity contribution < 1.29 is 9.84 Å². The van der Waals surface area contributed by atoms with Gasteiger partial charge in [0.2, 0.25) is 0 Å². The molecule has 19 heavy (non-hydrogen) atoms. The van der Waals surface area contributed by atoms with Crippen LogP contribution in [0.15, 0.2) is 36.5 Å². The van der Waals surface area contributed by atoms with Gasteiger partial charge in [0.05, 0.1) is 11.9 Å². The van der Waals surface area contributed by atoms with Crippen molar-refractivity contribution in [1.82, 2.24) is 15.0 Å². The van der Waals surface area contributed by atoms with Gasteiger partial charge in [-0.3, -0.25) is 0 Å². The summed E-state index contributed by atoms with van der Waals surface area (Å²) in [6.45, 7) is 1.43. The Morgan fingerprint density at radius 3 is 2.68 bits per heavy atom. The Morgan fingerprint density at radius 1 is 1.21 bits per heavy atom. The average Bonchev–Trinajstić information content (AvgIpc) is 2.98. The minimum Gasteiger partial charge on any atom is -0.386 e. The Kier molecular flexibility index (Phi) is 3.57. The number of rotatable bonds is 3. The highest BCUT2D eigenvalue weighted by molar-refractivity contribution is 5.28. The van der Waals surface area contributed by atoms with Gasteiger partial charge >= 0.3 is 0 Å². The van der Waals surface area contributed by atoms with Crippen LogP contribution >= 0.6 is 0 Å². The summed E-state index contributed by atoms with van der Waals surface area (Å²) in [5, 5.41) is 18.9. The maximum atomic E-state index is 10.3. The van der Waals surface area contributed by atoms with Gasteiger partial charge in [-0.05, 0) is 30.9 Å². The number of nitrogens with zero attached hydrogens (tertiary/aromatic N) is 3. The van der Waals surface area contributed by atoms with E-state index in [1.54, 1.807) is 11.0 Å². The minimum absolute atomic E-state index is 0.217. The average molecular weight is 259 g/mol. The lowest BCUT2D eigenvalue weighted by molar-refractivity contribution is 0.00545. The van der Waals surface area contributed by atoms with Crippen molar-refractivity contribution in [1.29, 1.82) is 0 Å². The minimum atomic E-state index is -0.554. The number of hydrogen-bond donors (Lipinski definition) is 1. The first-order valence-corrected chi connectivity index (χ1v) is 6.58. The molecule has 100 valence electrons. The van der Waals surface area contributed by atoms with Crippen molar-refractivity contribution in [2.24, 2.45) is 5.92 Å². The van der Waals surface area contributed by atoms with E-state index in [0.717, 1.165) is 18.5 Å². The first-order chi connectivity index (χ1) is 9.34. The fourth-order valence-corrected chi connectivity index (χ4v) is 2.37. The van der Waals surface area contributed by atoms with Crippen LogP contribution in [0.5, 0.6) is 0 Å². The predicted molar refractivity (Wildman–Crippen MR) is 69.9 cm³/mol. The molecule has 1 aromatic carbocycles. The second kappa shape index (κ2) is 5.50. The molecule has 0 radical (unpaired) electrons. The number of hydrogen-bond acceptors (Lipinski definition) is 4. The van der Waals surface area contributed by atoms with E-state index in [-0.39, 0.29) is 5.92 Å². The molecule has 0 bridgehead atoms. The highest BCUT2D eigenvalue weighted by Crippen LogP contribution is 2.28. The lowest BCUT2D eigenvalue weighted by Crippen LogP contribution is -2.22. The van der Waals surface area contributed by atoms with Crippen LogP contribution in [0, 0.1) is 5.92 Å². The summed E-state index contributed by atoms with van der Waals surface area (Å²) in [5.41, 5.74) is 1.53. The van der Waals surface area contributed by atoms with Crippen molar-refractivity contribution in [3.63, 3.8) is 0 Å². The van der Waals surface area contributed by atoms with E-state index in [2.05, 4.69) is 10.2 Å². The van der Waals surface area contributed by atoms with Crippen LogP contribution in [0.25, 0.3) is 5.69 Å². The molecule has 0 aliphatic carbocycles.